The standard InChI is InChI=1S/C27H46O4/c1-6-18-22-15-17(28)11-13-27(22,4)21-12-14-26(3)19(16(2)7-10-23(29)31-5)8-9-20(26)24(21)25(18)30/h16-22,24-25,28,30H,6-15H2,1-5H3/t16-,17-,18-,19?,20+,21+,22+,24+,25-,26-,27-/m1/s1. The van der Waals surface area contributed by atoms with Crippen LogP contribution in [0.1, 0.15) is 91.9 Å². The van der Waals surface area contributed by atoms with Crippen LogP contribution in [0, 0.1) is 52.3 Å². The summed E-state index contributed by atoms with van der Waals surface area (Å²) in [6.07, 6.45) is 9.87. The molecule has 178 valence electrons. The van der Waals surface area contributed by atoms with E-state index in [4.69, 9.17) is 4.74 Å². The van der Waals surface area contributed by atoms with E-state index in [0.29, 0.717) is 47.8 Å². The second-order valence-corrected chi connectivity index (χ2v) is 12.2. The maximum absolute atomic E-state index is 11.8. The Kier molecular flexibility index (Phi) is 6.55. The van der Waals surface area contributed by atoms with Crippen LogP contribution in [0.25, 0.3) is 0 Å². The van der Waals surface area contributed by atoms with Crippen LogP contribution in [0.4, 0.5) is 0 Å². The lowest BCUT2D eigenvalue weighted by molar-refractivity contribution is -0.203. The van der Waals surface area contributed by atoms with Gasteiger partial charge in [0.25, 0.3) is 0 Å². The zero-order chi connectivity index (χ0) is 22.6. The van der Waals surface area contributed by atoms with Crippen LogP contribution < -0.4 is 0 Å². The molecule has 0 bridgehead atoms. The number of carbonyl (C=O) groups is 1. The van der Waals surface area contributed by atoms with Gasteiger partial charge in [0, 0.05) is 6.42 Å². The molecule has 0 aromatic rings. The van der Waals surface area contributed by atoms with Gasteiger partial charge in [-0.2, -0.15) is 0 Å². The van der Waals surface area contributed by atoms with E-state index in [-0.39, 0.29) is 29.0 Å². The van der Waals surface area contributed by atoms with Gasteiger partial charge in [0.1, 0.15) is 0 Å². The lowest BCUT2D eigenvalue weighted by Gasteiger charge is -2.64. The molecule has 0 amide bonds. The van der Waals surface area contributed by atoms with Crippen molar-refractivity contribution in [2.24, 2.45) is 52.3 Å². The molecule has 1 unspecified atom stereocenters. The summed E-state index contributed by atoms with van der Waals surface area (Å²) in [5, 5.41) is 22.2. The lowest BCUT2D eigenvalue weighted by atomic mass is 9.41. The molecule has 0 spiro atoms. The second kappa shape index (κ2) is 8.63. The number of carbonyl (C=O) groups excluding carboxylic acids is 1. The molecule has 0 heterocycles. The Labute approximate surface area is 189 Å². The van der Waals surface area contributed by atoms with Gasteiger partial charge in [0.05, 0.1) is 19.3 Å². The van der Waals surface area contributed by atoms with Crippen molar-refractivity contribution in [3.05, 3.63) is 0 Å². The number of ether oxygens (including phenoxy) is 1. The highest BCUT2D eigenvalue weighted by atomic mass is 16.5. The van der Waals surface area contributed by atoms with Gasteiger partial charge in [-0.1, -0.05) is 34.1 Å². The average Bonchev–Trinajstić information content (AvgIpc) is 3.10. The summed E-state index contributed by atoms with van der Waals surface area (Å²) in [5.74, 6) is 3.41. The first kappa shape index (κ1) is 23.5. The fourth-order valence-corrected chi connectivity index (χ4v) is 9.58. The average molecular weight is 435 g/mol. The summed E-state index contributed by atoms with van der Waals surface area (Å²) in [5.41, 5.74) is 0.535. The number of aliphatic hydroxyl groups is 2. The molecule has 4 aliphatic carbocycles. The van der Waals surface area contributed by atoms with Crippen molar-refractivity contribution in [3.8, 4) is 0 Å². The minimum Gasteiger partial charge on any atom is -0.469 e. The van der Waals surface area contributed by atoms with Gasteiger partial charge >= 0.3 is 5.97 Å². The smallest absolute Gasteiger partial charge is 0.305 e. The highest BCUT2D eigenvalue weighted by Crippen LogP contribution is 2.69. The molecule has 0 radical (unpaired) electrons. The molecule has 0 aromatic carbocycles. The number of esters is 1. The predicted octanol–water partition coefficient (Wildman–Crippen LogP) is 5.20. The van der Waals surface area contributed by atoms with Gasteiger partial charge in [0.2, 0.25) is 0 Å². The molecule has 4 heteroatoms. The van der Waals surface area contributed by atoms with E-state index in [1.54, 1.807) is 0 Å². The third kappa shape index (κ3) is 3.68. The van der Waals surface area contributed by atoms with Gasteiger partial charge in [-0.15, -0.1) is 0 Å². The molecule has 4 fully saturated rings. The van der Waals surface area contributed by atoms with Crippen molar-refractivity contribution in [3.63, 3.8) is 0 Å². The number of hydrogen-bond donors (Lipinski definition) is 2. The van der Waals surface area contributed by atoms with E-state index in [0.717, 1.165) is 32.1 Å². The largest absolute Gasteiger partial charge is 0.469 e. The predicted molar refractivity (Wildman–Crippen MR) is 122 cm³/mol. The molecule has 4 aliphatic rings. The first-order valence-electron chi connectivity index (χ1n) is 13.1. The zero-order valence-electron chi connectivity index (χ0n) is 20.5. The maximum atomic E-state index is 11.8. The van der Waals surface area contributed by atoms with Crippen molar-refractivity contribution < 1.29 is 19.7 Å². The Hall–Kier alpha value is -0.610. The number of hydrogen-bond acceptors (Lipinski definition) is 4. The number of aliphatic hydroxyl groups excluding tert-OH is 2. The summed E-state index contributed by atoms with van der Waals surface area (Å²) >= 11 is 0. The first-order valence-corrected chi connectivity index (χ1v) is 13.1. The summed E-state index contributed by atoms with van der Waals surface area (Å²) in [4.78, 5) is 11.7. The van der Waals surface area contributed by atoms with E-state index < -0.39 is 0 Å². The summed E-state index contributed by atoms with van der Waals surface area (Å²) < 4.78 is 4.88. The Morgan fingerprint density at radius 3 is 2.39 bits per heavy atom. The van der Waals surface area contributed by atoms with Gasteiger partial charge in [-0.3, -0.25) is 4.79 Å². The summed E-state index contributed by atoms with van der Waals surface area (Å²) in [6.45, 7) is 9.58. The van der Waals surface area contributed by atoms with Crippen molar-refractivity contribution in [2.45, 2.75) is 104 Å². The Bertz CT molecular complexity index is 664. The third-order valence-corrected chi connectivity index (χ3v) is 11.2. The molecule has 0 saturated heterocycles. The fraction of sp³-hybridized carbons (Fsp3) is 0.963. The van der Waals surface area contributed by atoms with Crippen molar-refractivity contribution in [1.82, 2.24) is 0 Å². The summed E-state index contributed by atoms with van der Waals surface area (Å²) in [6, 6.07) is 0. The topological polar surface area (TPSA) is 66.8 Å². The van der Waals surface area contributed by atoms with Crippen LogP contribution in [0.2, 0.25) is 0 Å². The first-order chi connectivity index (χ1) is 14.7. The molecule has 4 saturated carbocycles. The van der Waals surface area contributed by atoms with E-state index in [2.05, 4.69) is 27.7 Å². The Balaban J connectivity index is 1.58. The van der Waals surface area contributed by atoms with E-state index in [1.807, 2.05) is 0 Å². The van der Waals surface area contributed by atoms with Gasteiger partial charge < -0.3 is 14.9 Å². The lowest BCUT2D eigenvalue weighted by Crippen LogP contribution is -2.62. The molecule has 0 aromatic heterocycles. The Morgan fingerprint density at radius 2 is 1.71 bits per heavy atom. The van der Waals surface area contributed by atoms with Crippen LogP contribution >= 0.6 is 0 Å². The van der Waals surface area contributed by atoms with E-state index >= 15 is 0 Å². The third-order valence-electron chi connectivity index (χ3n) is 11.2. The highest BCUT2D eigenvalue weighted by Gasteiger charge is 2.64. The Morgan fingerprint density at radius 1 is 1.03 bits per heavy atom. The minimum absolute atomic E-state index is 0.0952. The summed E-state index contributed by atoms with van der Waals surface area (Å²) in [7, 11) is 1.48. The van der Waals surface area contributed by atoms with Crippen LogP contribution in [-0.4, -0.2) is 35.5 Å². The van der Waals surface area contributed by atoms with Crippen molar-refractivity contribution in [2.75, 3.05) is 7.11 Å². The van der Waals surface area contributed by atoms with Gasteiger partial charge in [-0.25, -0.2) is 0 Å². The van der Waals surface area contributed by atoms with Gasteiger partial charge in [0.15, 0.2) is 0 Å². The quantitative estimate of drug-likeness (QED) is 0.584. The molecule has 31 heavy (non-hydrogen) atoms. The number of rotatable bonds is 5. The van der Waals surface area contributed by atoms with E-state index in [9.17, 15) is 15.0 Å². The molecule has 4 nitrogen and oxygen atoms in total. The number of fused-ring (bicyclic) bond motifs is 5. The molecular weight excluding hydrogens is 388 g/mol. The molecule has 4 rings (SSSR count). The van der Waals surface area contributed by atoms with E-state index in [1.165, 1.54) is 32.8 Å². The van der Waals surface area contributed by atoms with Crippen molar-refractivity contribution in [1.29, 1.82) is 0 Å². The van der Waals surface area contributed by atoms with Crippen LogP contribution in [0.5, 0.6) is 0 Å². The molecule has 11 atom stereocenters. The molecular formula is C27H46O4. The molecule has 0 aliphatic heterocycles. The number of methoxy groups -OCH3 is 1. The van der Waals surface area contributed by atoms with Crippen molar-refractivity contribution >= 4 is 5.97 Å². The minimum atomic E-state index is -0.230. The van der Waals surface area contributed by atoms with Gasteiger partial charge in [-0.05, 0) is 104 Å². The van der Waals surface area contributed by atoms with Crippen LogP contribution in [0.15, 0.2) is 0 Å². The second-order valence-electron chi connectivity index (χ2n) is 12.2. The maximum Gasteiger partial charge on any atom is 0.305 e. The zero-order valence-corrected chi connectivity index (χ0v) is 20.5. The highest BCUT2D eigenvalue weighted by molar-refractivity contribution is 5.69. The van der Waals surface area contributed by atoms with Crippen LogP contribution in [0.3, 0.4) is 0 Å². The SMILES string of the molecule is CC[C@H]1[C@@H](O)[C@@H]2[C@H](CC[C@]3(C)C([C@H](C)CCC(=O)OC)CC[C@@H]23)[C@@]2(C)CC[C@@H](O)C[C@@H]12. The molecule has 2 N–H and O–H groups in total. The van der Waals surface area contributed by atoms with Crippen LogP contribution in [-0.2, 0) is 9.53 Å². The monoisotopic (exact) mass is 434 g/mol. The normalized spacial score (nSPS) is 50.2. The fourth-order valence-electron chi connectivity index (χ4n) is 9.58.